The summed E-state index contributed by atoms with van der Waals surface area (Å²) in [5, 5.41) is 15.2. The van der Waals surface area contributed by atoms with Crippen LogP contribution in [0.25, 0.3) is 0 Å². The zero-order chi connectivity index (χ0) is 20.4. The quantitative estimate of drug-likeness (QED) is 0.273. The zero-order valence-corrected chi connectivity index (χ0v) is 16.5. The fourth-order valence-electron chi connectivity index (χ4n) is 2.25. The van der Waals surface area contributed by atoms with Crippen molar-refractivity contribution in [2.24, 2.45) is 0 Å². The first-order valence-electron chi connectivity index (χ1n) is 7.23. The first-order valence-corrected chi connectivity index (χ1v) is 8.72. The zero-order valence-electron chi connectivity index (χ0n) is 13.6. The molecule has 0 bridgehead atoms. The molecule has 6 nitrogen and oxygen atoms in total. The van der Waals surface area contributed by atoms with E-state index in [2.05, 4.69) is 10.6 Å². The van der Waals surface area contributed by atoms with Gasteiger partial charge < -0.3 is 5.32 Å². The Morgan fingerprint density at radius 1 is 1.26 bits per heavy atom. The molecule has 0 aliphatic heterocycles. The van der Waals surface area contributed by atoms with Crippen molar-refractivity contribution in [3.63, 3.8) is 0 Å². The van der Waals surface area contributed by atoms with Gasteiger partial charge in [0.25, 0.3) is 11.6 Å². The number of benzene rings is 2. The Morgan fingerprint density at radius 3 is 2.52 bits per heavy atom. The number of nitrogens with zero attached hydrogens (tertiary/aromatic N) is 1. The van der Waals surface area contributed by atoms with E-state index in [-0.39, 0.29) is 27.6 Å². The Bertz CT molecular complexity index is 935. The number of anilines is 1. The van der Waals surface area contributed by atoms with Crippen molar-refractivity contribution in [3.05, 3.63) is 66.8 Å². The molecule has 0 fully saturated rings. The predicted octanol–water partition coefficient (Wildman–Crippen LogP) is 4.65. The molecule has 0 unspecified atom stereocenters. The van der Waals surface area contributed by atoms with Crippen molar-refractivity contribution in [3.8, 4) is 0 Å². The number of nitrogens with one attached hydrogen (secondary N) is 2. The van der Waals surface area contributed by atoms with Crippen molar-refractivity contribution in [1.29, 1.82) is 0 Å². The molecular weight excluding hydrogens is 498 g/mol. The summed E-state index contributed by atoms with van der Waals surface area (Å²) in [5.74, 6) is -0.771. The smallest absolute Gasteiger partial charge is 0.332 e. The van der Waals surface area contributed by atoms with E-state index in [1.165, 1.54) is 37.3 Å². The number of hydrogen-bond donors (Lipinski definition) is 2. The van der Waals surface area contributed by atoms with Gasteiger partial charge in [-0.2, -0.15) is 13.2 Å². The van der Waals surface area contributed by atoms with E-state index >= 15 is 0 Å². The molecule has 0 atom stereocenters. The van der Waals surface area contributed by atoms with Crippen molar-refractivity contribution >= 4 is 57.2 Å². The maximum Gasteiger partial charge on any atom is 0.418 e. The number of nitro benzene ring substituents is 1. The molecule has 0 aliphatic rings. The highest BCUT2D eigenvalue weighted by atomic mass is 127. The van der Waals surface area contributed by atoms with Crippen LogP contribution < -0.4 is 10.6 Å². The van der Waals surface area contributed by atoms with Crippen molar-refractivity contribution in [2.75, 3.05) is 5.32 Å². The number of carbonyl (C=O) groups excluding carboxylic acids is 1. The lowest BCUT2D eigenvalue weighted by Gasteiger charge is -2.16. The largest absolute Gasteiger partial charge is 0.418 e. The molecule has 1 amide bonds. The molecule has 27 heavy (non-hydrogen) atoms. The lowest BCUT2D eigenvalue weighted by atomic mass is 10.1. The molecule has 2 N–H and O–H groups in total. The van der Waals surface area contributed by atoms with E-state index in [0.29, 0.717) is 3.57 Å². The minimum absolute atomic E-state index is 0.00740. The molecule has 2 aromatic carbocycles. The second-order valence-electron chi connectivity index (χ2n) is 5.30. The third-order valence-corrected chi connectivity index (χ3v) is 4.38. The second-order valence-corrected chi connectivity index (χ2v) is 6.96. The topological polar surface area (TPSA) is 84.3 Å². The van der Waals surface area contributed by atoms with Crippen molar-refractivity contribution in [1.82, 2.24) is 5.32 Å². The average molecular weight is 509 g/mol. The number of alkyl halides is 3. The van der Waals surface area contributed by atoms with Crippen LogP contribution in [0.15, 0.2) is 36.4 Å². The van der Waals surface area contributed by atoms with Crippen LogP contribution in [0.5, 0.6) is 0 Å². The first-order chi connectivity index (χ1) is 12.5. The third kappa shape index (κ3) is 5.13. The third-order valence-electron chi connectivity index (χ3n) is 3.51. The number of halogens is 4. The molecule has 0 saturated carbocycles. The van der Waals surface area contributed by atoms with Crippen LogP contribution in [0.4, 0.5) is 24.5 Å². The molecule has 0 aliphatic carbocycles. The van der Waals surface area contributed by atoms with Crippen molar-refractivity contribution in [2.45, 2.75) is 13.1 Å². The molecule has 142 valence electrons. The summed E-state index contributed by atoms with van der Waals surface area (Å²) in [4.78, 5) is 22.6. The Hall–Kier alpha value is -2.28. The summed E-state index contributed by atoms with van der Waals surface area (Å²) in [6.45, 7) is 1.39. The monoisotopic (exact) mass is 509 g/mol. The Labute approximate surface area is 170 Å². The van der Waals surface area contributed by atoms with Gasteiger partial charge in [0.15, 0.2) is 5.11 Å². The van der Waals surface area contributed by atoms with Crippen LogP contribution in [-0.4, -0.2) is 15.9 Å². The van der Waals surface area contributed by atoms with E-state index in [1.807, 2.05) is 0 Å². The van der Waals surface area contributed by atoms with Gasteiger partial charge in [-0.3, -0.25) is 20.2 Å². The van der Waals surface area contributed by atoms with E-state index in [4.69, 9.17) is 12.2 Å². The maximum absolute atomic E-state index is 13.1. The van der Waals surface area contributed by atoms with E-state index < -0.39 is 22.6 Å². The van der Waals surface area contributed by atoms with Crippen LogP contribution in [0.2, 0.25) is 0 Å². The molecular formula is C16H11F3IN3O3S. The van der Waals surface area contributed by atoms with Crippen LogP contribution in [-0.2, 0) is 6.18 Å². The summed E-state index contributed by atoms with van der Waals surface area (Å²) in [6, 6.07) is 7.51. The van der Waals surface area contributed by atoms with Gasteiger partial charge in [-0.25, -0.2) is 0 Å². The molecule has 0 saturated heterocycles. The minimum atomic E-state index is -4.61. The normalized spacial score (nSPS) is 11.0. The molecule has 0 aromatic heterocycles. The highest BCUT2D eigenvalue weighted by molar-refractivity contribution is 14.1. The first kappa shape index (κ1) is 21.0. The second kappa shape index (κ2) is 8.17. The summed E-state index contributed by atoms with van der Waals surface area (Å²) in [5.41, 5.74) is -1.39. The lowest BCUT2D eigenvalue weighted by Crippen LogP contribution is -2.35. The highest BCUT2D eigenvalue weighted by Gasteiger charge is 2.34. The highest BCUT2D eigenvalue weighted by Crippen LogP contribution is 2.35. The van der Waals surface area contributed by atoms with Crippen molar-refractivity contribution < 1.29 is 22.9 Å². The molecule has 0 heterocycles. The number of thiocarbonyl (C=S) groups is 1. The summed E-state index contributed by atoms with van der Waals surface area (Å²) in [7, 11) is 0. The molecule has 0 radical (unpaired) electrons. The van der Waals surface area contributed by atoms with Crippen LogP contribution >= 0.6 is 34.8 Å². The number of nitro groups is 1. The molecule has 2 aromatic rings. The standard InChI is InChI=1S/C16H11F3IN3O3S/c1-8-10(3-2-4-13(8)23(25)26)14(24)22-15(27)21-12-6-5-9(20)7-11(12)16(17,18)19/h2-7H,1H3,(H2,21,22,24,27). The minimum Gasteiger partial charge on any atom is -0.332 e. The van der Waals surface area contributed by atoms with Gasteiger partial charge in [0.05, 0.1) is 16.2 Å². The van der Waals surface area contributed by atoms with E-state index in [0.717, 1.165) is 6.07 Å². The van der Waals surface area contributed by atoms with Gasteiger partial charge in [-0.05, 0) is 66.0 Å². The van der Waals surface area contributed by atoms with Gasteiger partial charge >= 0.3 is 6.18 Å². The predicted molar refractivity (Wildman–Crippen MR) is 106 cm³/mol. The van der Waals surface area contributed by atoms with Gasteiger partial charge in [-0.15, -0.1) is 0 Å². The van der Waals surface area contributed by atoms with Gasteiger partial charge in [0.2, 0.25) is 0 Å². The SMILES string of the molecule is Cc1c(C(=O)NC(=S)Nc2ccc(I)cc2C(F)(F)F)cccc1[N+](=O)[O-]. The molecule has 11 heteroatoms. The number of rotatable bonds is 3. The van der Waals surface area contributed by atoms with Crippen LogP contribution in [0.3, 0.4) is 0 Å². The maximum atomic E-state index is 13.1. The number of amides is 1. The van der Waals surface area contributed by atoms with Gasteiger partial charge in [0, 0.05) is 20.8 Å². The fraction of sp³-hybridized carbons (Fsp3) is 0.125. The lowest BCUT2D eigenvalue weighted by molar-refractivity contribution is -0.385. The molecule has 0 spiro atoms. The Balaban J connectivity index is 2.21. The number of carbonyl (C=O) groups is 1. The Kier molecular flexibility index (Phi) is 6.36. The molecule has 2 rings (SSSR count). The van der Waals surface area contributed by atoms with Crippen LogP contribution in [0.1, 0.15) is 21.5 Å². The summed E-state index contributed by atoms with van der Waals surface area (Å²) in [6.07, 6.45) is -4.61. The van der Waals surface area contributed by atoms with Gasteiger partial charge in [0.1, 0.15) is 0 Å². The van der Waals surface area contributed by atoms with E-state index in [1.54, 1.807) is 22.6 Å². The van der Waals surface area contributed by atoms with E-state index in [9.17, 15) is 28.1 Å². The van der Waals surface area contributed by atoms with Crippen LogP contribution in [0, 0.1) is 20.6 Å². The Morgan fingerprint density at radius 2 is 1.93 bits per heavy atom. The fourth-order valence-corrected chi connectivity index (χ4v) is 2.95. The average Bonchev–Trinajstić information content (AvgIpc) is 2.55. The van der Waals surface area contributed by atoms with Gasteiger partial charge in [-0.1, -0.05) is 6.07 Å². The summed E-state index contributed by atoms with van der Waals surface area (Å²) >= 11 is 6.66. The number of hydrogen-bond acceptors (Lipinski definition) is 4. The summed E-state index contributed by atoms with van der Waals surface area (Å²) < 4.78 is 39.8.